The fourth-order valence-corrected chi connectivity index (χ4v) is 5.12. The summed E-state index contributed by atoms with van der Waals surface area (Å²) in [5, 5.41) is 6.48. The van der Waals surface area contributed by atoms with E-state index in [0.29, 0.717) is 41.8 Å². The van der Waals surface area contributed by atoms with Gasteiger partial charge in [-0.25, -0.2) is 0 Å². The number of aryl methyl sites for hydroxylation is 1. The van der Waals surface area contributed by atoms with Crippen molar-refractivity contribution >= 4 is 11.6 Å². The number of amides is 1. The largest absolute Gasteiger partial charge is 0.493 e. The molecule has 2 N–H and O–H groups in total. The summed E-state index contributed by atoms with van der Waals surface area (Å²) in [7, 11) is 4.77. The Morgan fingerprint density at radius 3 is 2.33 bits per heavy atom. The summed E-state index contributed by atoms with van der Waals surface area (Å²) in [5.74, 6) is 1.50. The van der Waals surface area contributed by atoms with Crippen molar-refractivity contribution in [2.24, 2.45) is 0 Å². The number of hydrogen-bond acceptors (Lipinski definition) is 6. The Kier molecular flexibility index (Phi) is 6.77. The van der Waals surface area contributed by atoms with Crippen molar-refractivity contribution in [1.82, 2.24) is 5.32 Å². The number of carbonyl (C=O) groups excluding carboxylic acids is 1. The van der Waals surface area contributed by atoms with Gasteiger partial charge in [-0.1, -0.05) is 18.9 Å². The molecule has 0 radical (unpaired) electrons. The number of nitrogens with one attached hydrogen (secondary N) is 2. The van der Waals surface area contributed by atoms with E-state index in [1.54, 1.807) is 27.4 Å². The first-order valence-corrected chi connectivity index (χ1v) is 11.5. The van der Waals surface area contributed by atoms with E-state index in [1.807, 2.05) is 18.2 Å². The minimum atomic E-state index is -0.300. The van der Waals surface area contributed by atoms with Gasteiger partial charge >= 0.3 is 0 Å². The van der Waals surface area contributed by atoms with Crippen molar-refractivity contribution < 1.29 is 19.0 Å². The molecule has 33 heavy (non-hydrogen) atoms. The SMILES string of the molecule is COc1cc2c(c(OC)c1OC)-c1ccc(NC3CCCC3)c(=O)cc1[C@H](NC(C)=O)CC2. The van der Waals surface area contributed by atoms with Gasteiger partial charge in [-0.2, -0.15) is 0 Å². The zero-order chi connectivity index (χ0) is 23.5. The molecule has 0 aliphatic heterocycles. The van der Waals surface area contributed by atoms with Crippen LogP contribution in [-0.2, 0) is 11.2 Å². The molecular formula is C26H32N2O5. The smallest absolute Gasteiger partial charge is 0.217 e. The van der Waals surface area contributed by atoms with E-state index in [9.17, 15) is 9.59 Å². The van der Waals surface area contributed by atoms with E-state index in [2.05, 4.69) is 10.6 Å². The number of methoxy groups -OCH3 is 3. The van der Waals surface area contributed by atoms with Gasteiger partial charge in [-0.05, 0) is 60.6 Å². The molecule has 0 aromatic heterocycles. The third kappa shape index (κ3) is 4.49. The van der Waals surface area contributed by atoms with E-state index >= 15 is 0 Å². The fourth-order valence-electron chi connectivity index (χ4n) is 5.12. The third-order valence-electron chi connectivity index (χ3n) is 6.63. The number of rotatable bonds is 6. The summed E-state index contributed by atoms with van der Waals surface area (Å²) in [6, 6.07) is 7.46. The highest BCUT2D eigenvalue weighted by atomic mass is 16.5. The molecule has 0 spiro atoms. The van der Waals surface area contributed by atoms with E-state index in [4.69, 9.17) is 14.2 Å². The van der Waals surface area contributed by atoms with Gasteiger partial charge in [-0.3, -0.25) is 9.59 Å². The minimum Gasteiger partial charge on any atom is -0.493 e. The molecule has 2 aliphatic carbocycles. The lowest BCUT2D eigenvalue weighted by Crippen LogP contribution is -2.26. The van der Waals surface area contributed by atoms with Crippen molar-refractivity contribution in [2.75, 3.05) is 26.6 Å². The Morgan fingerprint density at radius 2 is 1.70 bits per heavy atom. The normalized spacial score (nSPS) is 17.4. The Hall–Kier alpha value is -3.22. The van der Waals surface area contributed by atoms with Crippen LogP contribution in [0.1, 0.15) is 56.2 Å². The molecule has 0 heterocycles. The Balaban J connectivity index is 1.96. The second-order valence-corrected chi connectivity index (χ2v) is 8.72. The number of carbonyl (C=O) groups is 1. The standard InChI is InChI=1S/C26H32N2O5/c1-15(29)27-20-11-9-16-13-23(31-2)25(32-3)26(33-4)24(16)18-10-12-21(22(30)14-19(18)20)28-17-7-5-6-8-17/h10,12-14,17,20H,5-9,11H2,1-4H3,(H,27,29)(H,28,30)/t20-/m1/s1. The summed E-state index contributed by atoms with van der Waals surface area (Å²) in [4.78, 5) is 25.3. The summed E-state index contributed by atoms with van der Waals surface area (Å²) in [6.07, 6.45) is 5.82. The lowest BCUT2D eigenvalue weighted by molar-refractivity contribution is -0.119. The van der Waals surface area contributed by atoms with Crippen molar-refractivity contribution in [1.29, 1.82) is 0 Å². The third-order valence-corrected chi connectivity index (χ3v) is 6.63. The van der Waals surface area contributed by atoms with Crippen LogP contribution in [0.3, 0.4) is 0 Å². The molecule has 0 saturated heterocycles. The lowest BCUT2D eigenvalue weighted by atomic mass is 9.95. The number of ether oxygens (including phenoxy) is 3. The summed E-state index contributed by atoms with van der Waals surface area (Å²) in [5.41, 5.74) is 4.00. The molecule has 1 atom stereocenters. The predicted octanol–water partition coefficient (Wildman–Crippen LogP) is 4.22. The van der Waals surface area contributed by atoms with Crippen LogP contribution in [0.4, 0.5) is 5.69 Å². The quantitative estimate of drug-likeness (QED) is 0.683. The zero-order valence-electron chi connectivity index (χ0n) is 19.7. The maximum atomic E-state index is 13.3. The molecule has 1 fully saturated rings. The van der Waals surface area contributed by atoms with Gasteiger partial charge < -0.3 is 24.8 Å². The molecule has 0 bridgehead atoms. The van der Waals surface area contributed by atoms with Crippen molar-refractivity contribution in [3.63, 3.8) is 0 Å². The number of benzene rings is 1. The first-order valence-electron chi connectivity index (χ1n) is 11.5. The van der Waals surface area contributed by atoms with Crippen LogP contribution in [0.25, 0.3) is 11.1 Å². The average molecular weight is 453 g/mol. The molecule has 2 aromatic rings. The van der Waals surface area contributed by atoms with Gasteiger partial charge in [0.05, 0.1) is 33.1 Å². The number of anilines is 1. The summed E-state index contributed by atoms with van der Waals surface area (Å²) >= 11 is 0. The zero-order valence-corrected chi connectivity index (χ0v) is 19.7. The van der Waals surface area contributed by atoms with Crippen LogP contribution in [-0.4, -0.2) is 33.3 Å². The highest BCUT2D eigenvalue weighted by molar-refractivity contribution is 5.83. The molecule has 2 aromatic carbocycles. The maximum absolute atomic E-state index is 13.3. The van der Waals surface area contributed by atoms with Gasteiger partial charge in [0.2, 0.25) is 17.1 Å². The first-order chi connectivity index (χ1) is 16.0. The van der Waals surface area contributed by atoms with Crippen molar-refractivity contribution in [2.45, 2.75) is 57.5 Å². The van der Waals surface area contributed by atoms with Crippen LogP contribution >= 0.6 is 0 Å². The molecule has 1 amide bonds. The van der Waals surface area contributed by atoms with E-state index in [1.165, 1.54) is 19.8 Å². The highest BCUT2D eigenvalue weighted by Crippen LogP contribution is 2.50. The van der Waals surface area contributed by atoms with Crippen LogP contribution in [0, 0.1) is 0 Å². The van der Waals surface area contributed by atoms with Crippen molar-refractivity contribution in [3.05, 3.63) is 45.6 Å². The molecule has 1 saturated carbocycles. The minimum absolute atomic E-state index is 0.0820. The van der Waals surface area contributed by atoms with Crippen LogP contribution in [0.15, 0.2) is 29.1 Å². The topological polar surface area (TPSA) is 85.9 Å². The van der Waals surface area contributed by atoms with E-state index < -0.39 is 0 Å². The summed E-state index contributed by atoms with van der Waals surface area (Å²) < 4.78 is 17.0. The Morgan fingerprint density at radius 1 is 0.970 bits per heavy atom. The van der Waals surface area contributed by atoms with Gasteiger partial charge in [-0.15, -0.1) is 0 Å². The molecule has 4 rings (SSSR count). The molecule has 7 heteroatoms. The fraction of sp³-hybridized carbons (Fsp3) is 0.462. The van der Waals surface area contributed by atoms with Gasteiger partial charge in [0, 0.05) is 18.5 Å². The predicted molar refractivity (Wildman–Crippen MR) is 129 cm³/mol. The van der Waals surface area contributed by atoms with Crippen LogP contribution < -0.4 is 30.3 Å². The van der Waals surface area contributed by atoms with Gasteiger partial charge in [0.25, 0.3) is 0 Å². The molecular weight excluding hydrogens is 420 g/mol. The summed E-state index contributed by atoms with van der Waals surface area (Å²) in [6.45, 7) is 1.50. The van der Waals surface area contributed by atoms with E-state index in [-0.39, 0.29) is 17.4 Å². The van der Waals surface area contributed by atoms with Crippen LogP contribution in [0.2, 0.25) is 0 Å². The molecule has 0 unspecified atom stereocenters. The second kappa shape index (κ2) is 9.73. The Labute approximate surface area is 194 Å². The Bertz CT molecular complexity index is 1110. The maximum Gasteiger partial charge on any atom is 0.217 e. The second-order valence-electron chi connectivity index (χ2n) is 8.72. The lowest BCUT2D eigenvalue weighted by Gasteiger charge is -2.19. The molecule has 7 nitrogen and oxygen atoms in total. The average Bonchev–Trinajstić information content (AvgIpc) is 3.21. The monoisotopic (exact) mass is 452 g/mol. The first kappa shape index (κ1) is 23.0. The van der Waals surface area contributed by atoms with Crippen LogP contribution in [0.5, 0.6) is 17.2 Å². The van der Waals surface area contributed by atoms with Gasteiger partial charge in [0.1, 0.15) is 0 Å². The number of hydrogen-bond donors (Lipinski definition) is 2. The molecule has 176 valence electrons. The molecule has 2 aliphatic rings. The highest BCUT2D eigenvalue weighted by Gasteiger charge is 2.29. The van der Waals surface area contributed by atoms with E-state index in [0.717, 1.165) is 35.1 Å². The number of fused-ring (bicyclic) bond motifs is 3. The van der Waals surface area contributed by atoms with Gasteiger partial charge in [0.15, 0.2) is 11.5 Å². The van der Waals surface area contributed by atoms with Crippen molar-refractivity contribution in [3.8, 4) is 28.4 Å².